The van der Waals surface area contributed by atoms with Crippen LogP contribution in [0.4, 0.5) is 16.2 Å². The van der Waals surface area contributed by atoms with Gasteiger partial charge in [0.15, 0.2) is 0 Å². The lowest BCUT2D eigenvalue weighted by Crippen LogP contribution is -2.51. The van der Waals surface area contributed by atoms with Crippen molar-refractivity contribution in [1.82, 2.24) is 24.8 Å². The van der Waals surface area contributed by atoms with Crippen molar-refractivity contribution in [3.63, 3.8) is 0 Å². The molecule has 0 radical (unpaired) electrons. The number of hydrogen-bond acceptors (Lipinski definition) is 8. The Balaban J connectivity index is 0.000000302. The van der Waals surface area contributed by atoms with Crippen LogP contribution in [-0.4, -0.2) is 56.5 Å². The molecular weight excluding hydrogens is 695 g/mol. The highest BCUT2D eigenvalue weighted by Gasteiger charge is 2.44. The molecule has 0 spiro atoms. The lowest BCUT2D eigenvalue weighted by molar-refractivity contribution is -0.123. The molecule has 1 saturated heterocycles. The fourth-order valence-corrected chi connectivity index (χ4v) is 7.64. The van der Waals surface area contributed by atoms with E-state index in [0.29, 0.717) is 59.1 Å². The van der Waals surface area contributed by atoms with E-state index in [-0.39, 0.29) is 35.6 Å². The molecule has 0 unspecified atom stereocenters. The summed E-state index contributed by atoms with van der Waals surface area (Å²) in [4.78, 5) is 65.5. The van der Waals surface area contributed by atoms with Crippen molar-refractivity contribution in [1.29, 1.82) is 0 Å². The first-order valence-corrected chi connectivity index (χ1v) is 18.0. The number of likely N-dealkylation sites (tertiary alicyclic amines) is 1. The number of nitrogens with zero attached hydrogens (tertiary/aromatic N) is 3. The summed E-state index contributed by atoms with van der Waals surface area (Å²) >= 11 is 0. The van der Waals surface area contributed by atoms with Crippen molar-refractivity contribution in [3.05, 3.63) is 165 Å². The van der Waals surface area contributed by atoms with Crippen LogP contribution in [0.3, 0.4) is 0 Å². The molecule has 0 bridgehead atoms. The maximum absolute atomic E-state index is 14.0. The number of hydrogen-bond donors (Lipinski definition) is 4. The topological polar surface area (TPSA) is 176 Å². The van der Waals surface area contributed by atoms with Crippen molar-refractivity contribution in [3.8, 4) is 11.1 Å². The zero-order valence-corrected chi connectivity index (χ0v) is 29.7. The molecule has 2 amide bonds. The summed E-state index contributed by atoms with van der Waals surface area (Å²) in [6.45, 7) is 1.02. The number of piperidine rings is 1. The maximum Gasteiger partial charge on any atom is 0.409 e. The third kappa shape index (κ3) is 6.81. The highest BCUT2D eigenvalue weighted by Crippen LogP contribution is 2.45. The summed E-state index contributed by atoms with van der Waals surface area (Å²) in [5.74, 6) is -0.169. The Hall–Kier alpha value is -7.08. The molecule has 5 aromatic carbocycles. The third-order valence-corrected chi connectivity index (χ3v) is 10.5. The summed E-state index contributed by atoms with van der Waals surface area (Å²) in [5, 5.41) is 4.08. The summed E-state index contributed by atoms with van der Waals surface area (Å²) in [7, 11) is 0. The standard InChI is InChI=1S/C35H30N4O4.C8H7N3O/c40-32-29-15-14-24(20-31(29)36-22-37-32)38-33(41)35(23-8-2-1-3-9-23)16-18-39(19-17-35)34(42)43-21-30-27-12-6-4-10-25(27)26-11-5-7-13-28(26)30;9-5-1-2-6-7(3-5)10-4-11-8(6)12/h1-15,20,22,30H,16-19,21H2,(H,38,41)(H,36,37,40);1-4H,9H2,(H,10,11,12). The van der Waals surface area contributed by atoms with Crippen LogP contribution in [0.15, 0.2) is 138 Å². The number of carbonyl (C=O) groups excluding carboxylic acids is 2. The Morgan fingerprint density at radius 1 is 0.745 bits per heavy atom. The molecule has 2 aliphatic rings. The number of nitrogens with two attached hydrogens (primary N) is 1. The molecule has 1 fully saturated rings. The average molecular weight is 732 g/mol. The molecule has 274 valence electrons. The molecule has 5 N–H and O–H groups in total. The number of nitrogens with one attached hydrogen (secondary N) is 3. The van der Waals surface area contributed by atoms with Crippen LogP contribution in [0.1, 0.15) is 35.4 Å². The second-order valence-electron chi connectivity index (χ2n) is 13.7. The predicted molar refractivity (Wildman–Crippen MR) is 212 cm³/mol. The molecule has 0 saturated carbocycles. The number of fused-ring (bicyclic) bond motifs is 5. The number of nitrogen functional groups attached to an aromatic ring is 1. The lowest BCUT2D eigenvalue weighted by Gasteiger charge is -2.40. The molecule has 12 heteroatoms. The van der Waals surface area contributed by atoms with E-state index in [9.17, 15) is 19.2 Å². The number of aromatic nitrogens is 4. The molecule has 3 heterocycles. The maximum atomic E-state index is 14.0. The highest BCUT2D eigenvalue weighted by atomic mass is 16.6. The van der Waals surface area contributed by atoms with Crippen molar-refractivity contribution < 1.29 is 14.3 Å². The number of amides is 2. The number of ether oxygens (including phenoxy) is 1. The number of aromatic amines is 2. The first-order chi connectivity index (χ1) is 26.8. The van der Waals surface area contributed by atoms with E-state index >= 15 is 0 Å². The van der Waals surface area contributed by atoms with Crippen molar-refractivity contribution >= 4 is 45.2 Å². The minimum absolute atomic E-state index is 0.0117. The summed E-state index contributed by atoms with van der Waals surface area (Å²) in [6, 6.07) is 36.3. The van der Waals surface area contributed by atoms with Gasteiger partial charge in [-0.15, -0.1) is 0 Å². The third-order valence-electron chi connectivity index (χ3n) is 10.5. The number of rotatable bonds is 5. The van der Waals surface area contributed by atoms with Gasteiger partial charge in [-0.3, -0.25) is 14.4 Å². The second kappa shape index (κ2) is 14.7. The minimum atomic E-state index is -0.835. The summed E-state index contributed by atoms with van der Waals surface area (Å²) < 4.78 is 5.91. The van der Waals surface area contributed by atoms with Gasteiger partial charge in [0, 0.05) is 30.4 Å². The first-order valence-electron chi connectivity index (χ1n) is 18.0. The molecule has 12 nitrogen and oxygen atoms in total. The van der Waals surface area contributed by atoms with Gasteiger partial charge in [-0.1, -0.05) is 78.9 Å². The molecule has 0 atom stereocenters. The van der Waals surface area contributed by atoms with E-state index in [4.69, 9.17) is 10.5 Å². The smallest absolute Gasteiger partial charge is 0.409 e. The Morgan fingerprint density at radius 2 is 1.31 bits per heavy atom. The number of carbonyl (C=O) groups is 2. The second-order valence-corrected chi connectivity index (χ2v) is 13.7. The van der Waals surface area contributed by atoms with Crippen LogP contribution in [0.5, 0.6) is 0 Å². The number of H-pyrrole nitrogens is 2. The molecule has 2 aromatic heterocycles. The van der Waals surface area contributed by atoms with Gasteiger partial charge >= 0.3 is 6.09 Å². The van der Waals surface area contributed by atoms with E-state index in [0.717, 1.165) is 5.56 Å². The fourth-order valence-electron chi connectivity index (χ4n) is 7.64. The van der Waals surface area contributed by atoms with Crippen LogP contribution < -0.4 is 22.2 Å². The molecule has 1 aliphatic carbocycles. The zero-order valence-electron chi connectivity index (χ0n) is 29.7. The normalized spacial score (nSPS) is 14.4. The van der Waals surface area contributed by atoms with E-state index in [1.54, 1.807) is 41.3 Å². The molecule has 55 heavy (non-hydrogen) atoms. The summed E-state index contributed by atoms with van der Waals surface area (Å²) in [5.41, 5.74) is 12.2. The van der Waals surface area contributed by atoms with E-state index in [1.807, 2.05) is 54.6 Å². The molecule has 7 aromatic rings. The Labute approximate surface area is 315 Å². The fraction of sp³-hybridized carbons (Fsp3) is 0.163. The van der Waals surface area contributed by atoms with Crippen LogP contribution in [0.2, 0.25) is 0 Å². The van der Waals surface area contributed by atoms with Crippen LogP contribution in [-0.2, 0) is 14.9 Å². The van der Waals surface area contributed by atoms with Gasteiger partial charge in [0.2, 0.25) is 5.91 Å². The minimum Gasteiger partial charge on any atom is -0.448 e. The van der Waals surface area contributed by atoms with Gasteiger partial charge in [0.25, 0.3) is 11.1 Å². The number of anilines is 2. The zero-order chi connectivity index (χ0) is 37.9. The van der Waals surface area contributed by atoms with Gasteiger partial charge in [-0.05, 0) is 77.1 Å². The van der Waals surface area contributed by atoms with E-state index < -0.39 is 5.41 Å². The van der Waals surface area contributed by atoms with Crippen LogP contribution >= 0.6 is 0 Å². The van der Waals surface area contributed by atoms with Gasteiger partial charge in [0.1, 0.15) is 6.61 Å². The monoisotopic (exact) mass is 731 g/mol. The van der Waals surface area contributed by atoms with Gasteiger partial charge < -0.3 is 30.7 Å². The quantitative estimate of drug-likeness (QED) is 0.148. The van der Waals surface area contributed by atoms with Crippen molar-refractivity contribution in [2.75, 3.05) is 30.7 Å². The van der Waals surface area contributed by atoms with E-state index in [1.165, 1.54) is 34.9 Å². The Bertz CT molecular complexity index is 2620. The largest absolute Gasteiger partial charge is 0.448 e. The van der Waals surface area contributed by atoms with Crippen molar-refractivity contribution in [2.24, 2.45) is 0 Å². The Morgan fingerprint density at radius 3 is 1.95 bits per heavy atom. The molecule has 9 rings (SSSR count). The van der Waals surface area contributed by atoms with Crippen LogP contribution in [0, 0.1) is 0 Å². The predicted octanol–water partition coefficient (Wildman–Crippen LogP) is 6.35. The summed E-state index contributed by atoms with van der Waals surface area (Å²) in [6.07, 6.45) is 3.23. The first kappa shape index (κ1) is 35.0. The van der Waals surface area contributed by atoms with Gasteiger partial charge in [-0.2, -0.15) is 0 Å². The Kier molecular flexibility index (Phi) is 9.38. The average Bonchev–Trinajstić information content (AvgIpc) is 3.54. The molecule has 1 aliphatic heterocycles. The van der Waals surface area contributed by atoms with Crippen LogP contribution in [0.25, 0.3) is 32.9 Å². The highest BCUT2D eigenvalue weighted by molar-refractivity contribution is 6.00. The lowest BCUT2D eigenvalue weighted by atomic mass is 9.72. The van der Waals surface area contributed by atoms with E-state index in [2.05, 4.69) is 49.5 Å². The number of benzene rings is 5. The molecular formula is C43H37N7O5. The van der Waals surface area contributed by atoms with Gasteiger partial charge in [0.05, 0.1) is 39.9 Å². The SMILES string of the molecule is Nc1ccc2c(=O)[nH]cnc2c1.O=C(OCC1c2ccccc2-c2ccccc21)N1CCC(C(=O)Nc2ccc3c(=O)[nH]cnc3c2)(c2ccccc2)CC1. The van der Waals surface area contributed by atoms with Gasteiger partial charge in [-0.25, -0.2) is 14.8 Å². The van der Waals surface area contributed by atoms with Crippen molar-refractivity contribution in [2.45, 2.75) is 24.2 Å².